The lowest BCUT2D eigenvalue weighted by molar-refractivity contribution is -0.385. The molecule has 1 aromatic heterocycles. The van der Waals surface area contributed by atoms with E-state index in [1.54, 1.807) is 6.07 Å². The number of fused-ring (bicyclic) bond motifs is 1. The Labute approximate surface area is 178 Å². The summed E-state index contributed by atoms with van der Waals surface area (Å²) in [5.74, 6) is -0.198. The summed E-state index contributed by atoms with van der Waals surface area (Å²) in [6.45, 7) is 0.299. The highest BCUT2D eigenvalue weighted by Gasteiger charge is 2.20. The number of benzene rings is 2. The van der Waals surface area contributed by atoms with Gasteiger partial charge in [-0.05, 0) is 30.2 Å². The van der Waals surface area contributed by atoms with Gasteiger partial charge >= 0.3 is 0 Å². The molecule has 0 bridgehead atoms. The SMILES string of the molecule is COc1cc(/C=C(\C#N)C(=O)NCCc2c[nH]c3ccccc23)c([N+](=O)[O-])cc1OC. The van der Waals surface area contributed by atoms with E-state index in [0.717, 1.165) is 16.5 Å². The van der Waals surface area contributed by atoms with Crippen molar-refractivity contribution in [1.29, 1.82) is 5.26 Å². The van der Waals surface area contributed by atoms with Gasteiger partial charge in [0.05, 0.1) is 30.8 Å². The van der Waals surface area contributed by atoms with E-state index in [1.807, 2.05) is 30.5 Å². The number of amides is 1. The van der Waals surface area contributed by atoms with Crippen molar-refractivity contribution >= 4 is 28.6 Å². The van der Waals surface area contributed by atoms with Crippen molar-refractivity contribution in [1.82, 2.24) is 10.3 Å². The van der Waals surface area contributed by atoms with Crippen LogP contribution in [0.3, 0.4) is 0 Å². The van der Waals surface area contributed by atoms with Crippen molar-refractivity contribution < 1.29 is 19.2 Å². The molecular weight excluding hydrogens is 400 g/mol. The second-order valence-electron chi connectivity index (χ2n) is 6.56. The van der Waals surface area contributed by atoms with Gasteiger partial charge in [-0.15, -0.1) is 0 Å². The molecule has 0 radical (unpaired) electrons. The van der Waals surface area contributed by atoms with E-state index in [-0.39, 0.29) is 28.3 Å². The third kappa shape index (κ3) is 4.64. The van der Waals surface area contributed by atoms with E-state index < -0.39 is 10.8 Å². The molecule has 2 aromatic carbocycles. The molecule has 0 unspecified atom stereocenters. The summed E-state index contributed by atoms with van der Waals surface area (Å²) >= 11 is 0. The van der Waals surface area contributed by atoms with Gasteiger partial charge in [-0.1, -0.05) is 18.2 Å². The van der Waals surface area contributed by atoms with E-state index in [4.69, 9.17) is 9.47 Å². The molecule has 2 N–H and O–H groups in total. The number of carbonyl (C=O) groups excluding carboxylic acids is 1. The van der Waals surface area contributed by atoms with Crippen molar-refractivity contribution in [3.63, 3.8) is 0 Å². The number of nitrogens with one attached hydrogen (secondary N) is 2. The largest absolute Gasteiger partial charge is 0.493 e. The predicted octanol–water partition coefficient (Wildman–Crippen LogP) is 3.36. The molecule has 1 heterocycles. The second-order valence-corrected chi connectivity index (χ2v) is 6.56. The maximum absolute atomic E-state index is 12.5. The molecule has 0 atom stereocenters. The molecule has 1 amide bonds. The number of rotatable bonds is 8. The minimum Gasteiger partial charge on any atom is -0.493 e. The monoisotopic (exact) mass is 420 g/mol. The van der Waals surface area contributed by atoms with Gasteiger partial charge in [0.2, 0.25) is 0 Å². The first-order chi connectivity index (χ1) is 15.0. The molecule has 3 aromatic rings. The van der Waals surface area contributed by atoms with Gasteiger partial charge in [0.1, 0.15) is 11.6 Å². The number of nitro benzene ring substituents is 1. The number of hydrogen-bond donors (Lipinski definition) is 2. The van der Waals surface area contributed by atoms with Crippen LogP contribution in [0.4, 0.5) is 5.69 Å². The number of nitro groups is 1. The van der Waals surface area contributed by atoms with Crippen molar-refractivity contribution in [2.75, 3.05) is 20.8 Å². The Kier molecular flexibility index (Phi) is 6.52. The highest BCUT2D eigenvalue weighted by Crippen LogP contribution is 2.35. The Morgan fingerprint density at radius 3 is 2.65 bits per heavy atom. The minimum atomic E-state index is -0.619. The third-order valence-corrected chi connectivity index (χ3v) is 4.75. The number of aromatic amines is 1. The zero-order valence-electron chi connectivity index (χ0n) is 17.0. The zero-order chi connectivity index (χ0) is 22.4. The summed E-state index contributed by atoms with van der Waals surface area (Å²) in [7, 11) is 2.75. The highest BCUT2D eigenvalue weighted by atomic mass is 16.6. The number of hydrogen-bond acceptors (Lipinski definition) is 6. The van der Waals surface area contributed by atoms with Crippen LogP contribution >= 0.6 is 0 Å². The summed E-state index contributed by atoms with van der Waals surface area (Å²) in [5.41, 5.74) is 1.54. The molecule has 0 aliphatic rings. The number of nitrogens with zero attached hydrogens (tertiary/aromatic N) is 2. The van der Waals surface area contributed by atoms with Crippen molar-refractivity contribution in [3.05, 3.63) is 69.4 Å². The molecule has 158 valence electrons. The third-order valence-electron chi connectivity index (χ3n) is 4.75. The summed E-state index contributed by atoms with van der Waals surface area (Å²) in [5, 5.41) is 24.6. The Hall–Kier alpha value is -4.32. The van der Waals surface area contributed by atoms with E-state index in [9.17, 15) is 20.2 Å². The van der Waals surface area contributed by atoms with E-state index in [0.29, 0.717) is 13.0 Å². The van der Waals surface area contributed by atoms with Crippen LogP contribution < -0.4 is 14.8 Å². The quantitative estimate of drug-likeness (QED) is 0.249. The van der Waals surface area contributed by atoms with Gasteiger partial charge < -0.3 is 19.8 Å². The molecular formula is C22H20N4O5. The molecule has 0 aliphatic heterocycles. The Balaban J connectivity index is 1.78. The van der Waals surface area contributed by atoms with E-state index in [2.05, 4.69) is 10.3 Å². The first kappa shape index (κ1) is 21.4. The van der Waals surface area contributed by atoms with Crippen LogP contribution in [0.1, 0.15) is 11.1 Å². The normalized spacial score (nSPS) is 11.1. The van der Waals surface area contributed by atoms with Crippen molar-refractivity contribution in [3.8, 4) is 17.6 Å². The van der Waals surface area contributed by atoms with Gasteiger partial charge in [-0.25, -0.2) is 0 Å². The average Bonchev–Trinajstić information content (AvgIpc) is 3.19. The van der Waals surface area contributed by atoms with Crippen LogP contribution in [0.2, 0.25) is 0 Å². The fourth-order valence-electron chi connectivity index (χ4n) is 3.21. The molecule has 0 saturated heterocycles. The molecule has 0 saturated carbocycles. The Morgan fingerprint density at radius 1 is 1.26 bits per heavy atom. The smallest absolute Gasteiger partial charge is 0.280 e. The maximum Gasteiger partial charge on any atom is 0.280 e. The highest BCUT2D eigenvalue weighted by molar-refractivity contribution is 6.02. The van der Waals surface area contributed by atoms with Gasteiger partial charge in [0, 0.05) is 23.6 Å². The van der Waals surface area contributed by atoms with Gasteiger partial charge in [-0.2, -0.15) is 5.26 Å². The number of nitriles is 1. The molecule has 31 heavy (non-hydrogen) atoms. The predicted molar refractivity (Wildman–Crippen MR) is 115 cm³/mol. The number of carbonyl (C=O) groups is 1. The molecule has 9 heteroatoms. The van der Waals surface area contributed by atoms with Gasteiger partial charge in [-0.3, -0.25) is 14.9 Å². The maximum atomic E-state index is 12.5. The summed E-state index contributed by atoms with van der Waals surface area (Å²) in [6.07, 6.45) is 3.61. The van der Waals surface area contributed by atoms with E-state index in [1.165, 1.54) is 32.4 Å². The fraction of sp³-hybridized carbons (Fsp3) is 0.182. The lowest BCUT2D eigenvalue weighted by Crippen LogP contribution is -2.26. The standard InChI is InChI=1S/C22H20N4O5/c1-30-20-10-15(19(26(28)29)11-21(20)31-2)9-16(12-23)22(27)24-8-7-14-13-25-18-6-4-3-5-17(14)18/h3-6,9-11,13,25H,7-8H2,1-2H3,(H,24,27)/b16-9+. The zero-order valence-corrected chi connectivity index (χ0v) is 17.0. The molecule has 3 rings (SSSR count). The van der Waals surface area contributed by atoms with Gasteiger partial charge in [0.25, 0.3) is 11.6 Å². The molecule has 0 fully saturated rings. The molecule has 0 spiro atoms. The lowest BCUT2D eigenvalue weighted by atomic mass is 10.1. The fourth-order valence-corrected chi connectivity index (χ4v) is 3.21. The summed E-state index contributed by atoms with van der Waals surface area (Å²) in [6, 6.07) is 12.2. The first-order valence-electron chi connectivity index (χ1n) is 9.34. The van der Waals surface area contributed by atoms with Crippen molar-refractivity contribution in [2.45, 2.75) is 6.42 Å². The Morgan fingerprint density at radius 2 is 1.97 bits per heavy atom. The number of H-pyrrole nitrogens is 1. The average molecular weight is 420 g/mol. The molecule has 9 nitrogen and oxygen atoms in total. The summed E-state index contributed by atoms with van der Waals surface area (Å²) in [4.78, 5) is 26.5. The summed E-state index contributed by atoms with van der Waals surface area (Å²) < 4.78 is 10.2. The van der Waals surface area contributed by atoms with E-state index >= 15 is 0 Å². The van der Waals surface area contributed by atoms with Crippen LogP contribution in [0.5, 0.6) is 11.5 Å². The van der Waals surface area contributed by atoms with Crippen LogP contribution in [0.15, 0.2) is 48.2 Å². The van der Waals surface area contributed by atoms with Crippen LogP contribution in [0.25, 0.3) is 17.0 Å². The minimum absolute atomic E-state index is 0.0611. The van der Waals surface area contributed by atoms with Crippen LogP contribution in [-0.4, -0.2) is 36.6 Å². The lowest BCUT2D eigenvalue weighted by Gasteiger charge is -2.09. The number of para-hydroxylation sites is 1. The van der Waals surface area contributed by atoms with Crippen molar-refractivity contribution in [2.24, 2.45) is 0 Å². The molecule has 0 aliphatic carbocycles. The van der Waals surface area contributed by atoms with Crippen LogP contribution in [0, 0.1) is 21.4 Å². The first-order valence-corrected chi connectivity index (χ1v) is 9.34. The number of aromatic nitrogens is 1. The van der Waals surface area contributed by atoms with Gasteiger partial charge in [0.15, 0.2) is 11.5 Å². The number of ether oxygens (including phenoxy) is 2. The number of methoxy groups -OCH3 is 2. The Bertz CT molecular complexity index is 1210. The topological polar surface area (TPSA) is 130 Å². The second kappa shape index (κ2) is 9.45. The van der Waals surface area contributed by atoms with Crippen LogP contribution in [-0.2, 0) is 11.2 Å².